The molecule has 0 aliphatic heterocycles. The van der Waals surface area contributed by atoms with Crippen LogP contribution in [0.15, 0.2) is 0 Å². The van der Waals surface area contributed by atoms with Crippen LogP contribution in [0.2, 0.25) is 0 Å². The van der Waals surface area contributed by atoms with Gasteiger partial charge in [0, 0.05) is 25.7 Å². The number of rotatable bonds is 72. The number of hydrogen-bond donors (Lipinski definition) is 3. The van der Waals surface area contributed by atoms with Crippen LogP contribution >= 0.6 is 15.6 Å². The first kappa shape index (κ1) is 89.1. The average Bonchev–Trinajstić information content (AvgIpc) is 3.71. The Morgan fingerprint density at radius 3 is 0.747 bits per heavy atom. The van der Waals surface area contributed by atoms with Gasteiger partial charge in [-0.25, -0.2) is 9.13 Å². The Bertz CT molecular complexity index is 1750. The number of unbranched alkanes of at least 4 members (excludes halogenated alkanes) is 44. The molecular formula is C72H140O17P2. The summed E-state index contributed by atoms with van der Waals surface area (Å²) in [5.74, 6) is -1.33. The van der Waals surface area contributed by atoms with Gasteiger partial charge in [0.25, 0.3) is 0 Å². The summed E-state index contributed by atoms with van der Waals surface area (Å²) in [5.41, 5.74) is 0. The van der Waals surface area contributed by atoms with Gasteiger partial charge in [0.2, 0.25) is 0 Å². The minimum Gasteiger partial charge on any atom is -0.462 e. The topological polar surface area (TPSA) is 237 Å². The van der Waals surface area contributed by atoms with Gasteiger partial charge in [-0.1, -0.05) is 324 Å². The molecule has 3 N–H and O–H groups in total. The lowest BCUT2D eigenvalue weighted by Crippen LogP contribution is -2.30. The molecule has 0 saturated carbocycles. The molecule has 2 unspecified atom stereocenters. The number of aliphatic hydroxyl groups excluding tert-OH is 1. The molecule has 19 heteroatoms. The highest BCUT2D eigenvalue weighted by Gasteiger charge is 2.30. The molecule has 0 aromatic rings. The van der Waals surface area contributed by atoms with E-state index in [0.29, 0.717) is 25.7 Å². The van der Waals surface area contributed by atoms with Gasteiger partial charge in [-0.15, -0.1) is 0 Å². The van der Waals surface area contributed by atoms with Crippen LogP contribution in [0.5, 0.6) is 0 Å². The van der Waals surface area contributed by atoms with Gasteiger partial charge in [0.15, 0.2) is 12.2 Å². The van der Waals surface area contributed by atoms with Crippen LogP contribution in [0.1, 0.15) is 375 Å². The Morgan fingerprint density at radius 1 is 0.297 bits per heavy atom. The Labute approximate surface area is 556 Å². The summed E-state index contributed by atoms with van der Waals surface area (Å²) in [7, 11) is -9.89. The first-order valence-corrected chi connectivity index (χ1v) is 40.6. The SMILES string of the molecule is CCCCCCCCCCCCCCCCCC(=O)OC[C@H](COP(=O)(O)OC[C@@H](O)COP(=O)(O)OC[C@@H](COC(=O)CCCCCCC)OC(=O)CCCCCCCCCCCCCCCC)OC(=O)CCCCCCCCCCCCCCCCC(C)C. The smallest absolute Gasteiger partial charge is 0.462 e. The highest BCUT2D eigenvalue weighted by Crippen LogP contribution is 2.45. The lowest BCUT2D eigenvalue weighted by Gasteiger charge is -2.21. The summed E-state index contributed by atoms with van der Waals surface area (Å²) < 4.78 is 68.2. The van der Waals surface area contributed by atoms with Crippen LogP contribution in [0, 0.1) is 5.92 Å². The van der Waals surface area contributed by atoms with Crippen molar-refractivity contribution in [3.63, 3.8) is 0 Å². The summed E-state index contributed by atoms with van der Waals surface area (Å²) in [6, 6.07) is 0. The molecule has 0 rings (SSSR count). The highest BCUT2D eigenvalue weighted by atomic mass is 31.2. The molecule has 91 heavy (non-hydrogen) atoms. The van der Waals surface area contributed by atoms with Crippen molar-refractivity contribution in [2.24, 2.45) is 5.92 Å². The summed E-state index contributed by atoms with van der Waals surface area (Å²) in [6.45, 7) is 7.21. The maximum Gasteiger partial charge on any atom is 0.472 e. The maximum absolute atomic E-state index is 13.0. The molecule has 540 valence electrons. The zero-order chi connectivity index (χ0) is 67.0. The van der Waals surface area contributed by atoms with Crippen molar-refractivity contribution in [1.29, 1.82) is 0 Å². The molecule has 17 nitrogen and oxygen atoms in total. The van der Waals surface area contributed by atoms with Crippen molar-refractivity contribution < 1.29 is 80.2 Å². The Balaban J connectivity index is 5.15. The zero-order valence-electron chi connectivity index (χ0n) is 59.0. The summed E-state index contributed by atoms with van der Waals surface area (Å²) in [4.78, 5) is 72.4. The van der Waals surface area contributed by atoms with E-state index in [9.17, 15) is 43.2 Å². The number of carbonyl (C=O) groups excluding carboxylic acids is 4. The van der Waals surface area contributed by atoms with Crippen molar-refractivity contribution in [1.82, 2.24) is 0 Å². The summed E-state index contributed by atoms with van der Waals surface area (Å²) in [5, 5.41) is 10.6. The monoisotopic (exact) mass is 1340 g/mol. The predicted molar refractivity (Wildman–Crippen MR) is 368 cm³/mol. The minimum absolute atomic E-state index is 0.107. The molecule has 0 aromatic heterocycles. The van der Waals surface area contributed by atoms with Crippen LogP contribution < -0.4 is 0 Å². The number of esters is 4. The molecule has 0 radical (unpaired) electrons. The lowest BCUT2D eigenvalue weighted by atomic mass is 10.0. The molecule has 0 amide bonds. The first-order chi connectivity index (χ1) is 44.0. The second kappa shape index (κ2) is 65.4. The van der Waals surface area contributed by atoms with E-state index in [2.05, 4.69) is 34.6 Å². The van der Waals surface area contributed by atoms with E-state index in [-0.39, 0.29) is 25.7 Å². The van der Waals surface area contributed by atoms with E-state index < -0.39 is 97.5 Å². The van der Waals surface area contributed by atoms with Crippen molar-refractivity contribution in [3.8, 4) is 0 Å². The quantitative estimate of drug-likeness (QED) is 0.0222. The molecule has 0 bridgehead atoms. The third-order valence-electron chi connectivity index (χ3n) is 16.8. The Morgan fingerprint density at radius 2 is 0.505 bits per heavy atom. The van der Waals surface area contributed by atoms with E-state index in [1.54, 1.807) is 0 Å². The first-order valence-electron chi connectivity index (χ1n) is 37.6. The number of aliphatic hydroxyl groups is 1. The Kier molecular flexibility index (Phi) is 64.0. The fourth-order valence-electron chi connectivity index (χ4n) is 11.0. The predicted octanol–water partition coefficient (Wildman–Crippen LogP) is 20.9. The number of ether oxygens (including phenoxy) is 4. The molecule has 0 fully saturated rings. The van der Waals surface area contributed by atoms with Gasteiger partial charge >= 0.3 is 39.5 Å². The fraction of sp³-hybridized carbons (Fsp3) is 0.944. The van der Waals surface area contributed by atoms with Crippen LogP contribution in [-0.4, -0.2) is 96.7 Å². The average molecular weight is 1340 g/mol. The van der Waals surface area contributed by atoms with Crippen LogP contribution in [0.25, 0.3) is 0 Å². The van der Waals surface area contributed by atoms with Crippen molar-refractivity contribution in [2.45, 2.75) is 393 Å². The van der Waals surface area contributed by atoms with Crippen LogP contribution in [-0.2, 0) is 65.4 Å². The number of phosphoric acid groups is 2. The second-order valence-electron chi connectivity index (χ2n) is 26.5. The largest absolute Gasteiger partial charge is 0.472 e. The van der Waals surface area contributed by atoms with Gasteiger partial charge in [0.05, 0.1) is 26.4 Å². The highest BCUT2D eigenvalue weighted by molar-refractivity contribution is 7.47. The maximum atomic E-state index is 13.0. The van der Waals surface area contributed by atoms with Gasteiger partial charge in [0.1, 0.15) is 19.3 Å². The molecule has 0 spiro atoms. The molecule has 0 aromatic carbocycles. The Hall–Kier alpha value is -1.94. The van der Waals surface area contributed by atoms with E-state index in [1.807, 2.05) is 0 Å². The summed E-state index contributed by atoms with van der Waals surface area (Å²) >= 11 is 0. The molecule has 0 aliphatic rings. The molecule has 0 heterocycles. The van der Waals surface area contributed by atoms with Crippen molar-refractivity contribution in [3.05, 3.63) is 0 Å². The van der Waals surface area contributed by atoms with E-state index in [0.717, 1.165) is 102 Å². The van der Waals surface area contributed by atoms with Crippen molar-refractivity contribution in [2.75, 3.05) is 39.6 Å². The normalized spacial score (nSPS) is 14.0. The summed E-state index contributed by atoms with van der Waals surface area (Å²) in [6.07, 6.45) is 53.0. The number of hydrogen-bond acceptors (Lipinski definition) is 15. The lowest BCUT2D eigenvalue weighted by molar-refractivity contribution is -0.161. The van der Waals surface area contributed by atoms with Crippen LogP contribution in [0.3, 0.4) is 0 Å². The van der Waals surface area contributed by atoms with E-state index in [4.69, 9.17) is 37.0 Å². The third kappa shape index (κ3) is 66.5. The van der Waals surface area contributed by atoms with E-state index >= 15 is 0 Å². The van der Waals surface area contributed by atoms with Crippen molar-refractivity contribution >= 4 is 39.5 Å². The van der Waals surface area contributed by atoms with Gasteiger partial charge in [-0.3, -0.25) is 37.3 Å². The van der Waals surface area contributed by atoms with Gasteiger partial charge in [-0.2, -0.15) is 0 Å². The fourth-order valence-corrected chi connectivity index (χ4v) is 12.6. The molecule has 0 saturated heterocycles. The second-order valence-corrected chi connectivity index (χ2v) is 29.4. The third-order valence-corrected chi connectivity index (χ3v) is 18.7. The molecule has 5 atom stereocenters. The minimum atomic E-state index is -4.95. The van der Waals surface area contributed by atoms with E-state index in [1.165, 1.54) is 193 Å². The molecule has 0 aliphatic carbocycles. The number of phosphoric ester groups is 2. The van der Waals surface area contributed by atoms with Crippen LogP contribution in [0.4, 0.5) is 0 Å². The number of carbonyl (C=O) groups is 4. The molecular weight excluding hydrogens is 1200 g/mol. The van der Waals surface area contributed by atoms with Gasteiger partial charge < -0.3 is 33.8 Å². The zero-order valence-corrected chi connectivity index (χ0v) is 60.8. The van der Waals surface area contributed by atoms with Gasteiger partial charge in [-0.05, 0) is 31.6 Å². The standard InChI is InChI=1S/C72H140O17P2/c1-6-9-12-15-17-19-21-23-25-30-33-37-41-46-51-56-70(75)83-62-68(89-72(77)58-53-48-43-39-35-31-27-26-28-32-36-40-45-49-54-65(4)5)64-87-91(80,81)85-60-66(73)59-84-90(78,79)86-63-67(61-82-69(74)55-50-44-14-11-8-3)88-71(76)57-52-47-42-38-34-29-24-22-20-18-16-13-10-7-2/h65-68,73H,6-64H2,1-5H3,(H,78,79)(H,80,81)/t66-,67+,68+/m0/s1.